The van der Waals surface area contributed by atoms with Crippen LogP contribution in [0.1, 0.15) is 13.3 Å². The SMILES string of the molecule is CCCNC(=O)Nc1ccc(Br)c(Cl)c1F. The number of carbonyl (C=O) groups is 1. The first kappa shape index (κ1) is 13.3. The van der Waals surface area contributed by atoms with E-state index in [9.17, 15) is 9.18 Å². The van der Waals surface area contributed by atoms with Gasteiger partial charge in [0.1, 0.15) is 0 Å². The molecule has 16 heavy (non-hydrogen) atoms. The summed E-state index contributed by atoms with van der Waals surface area (Å²) in [6.45, 7) is 2.47. The molecule has 0 aliphatic carbocycles. The van der Waals surface area contributed by atoms with Gasteiger partial charge >= 0.3 is 6.03 Å². The van der Waals surface area contributed by atoms with E-state index in [-0.39, 0.29) is 10.7 Å². The molecule has 0 saturated heterocycles. The Morgan fingerprint density at radius 3 is 2.88 bits per heavy atom. The van der Waals surface area contributed by atoms with Crippen LogP contribution in [0.4, 0.5) is 14.9 Å². The van der Waals surface area contributed by atoms with Crippen molar-refractivity contribution in [3.8, 4) is 0 Å². The second kappa shape index (κ2) is 6.06. The molecule has 0 atom stereocenters. The summed E-state index contributed by atoms with van der Waals surface area (Å²) in [4.78, 5) is 11.3. The highest BCUT2D eigenvalue weighted by molar-refractivity contribution is 9.10. The van der Waals surface area contributed by atoms with Crippen LogP contribution in [0.3, 0.4) is 0 Å². The number of hydrogen-bond donors (Lipinski definition) is 2. The molecule has 2 N–H and O–H groups in total. The molecule has 1 rings (SSSR count). The first-order valence-electron chi connectivity index (χ1n) is 4.74. The van der Waals surface area contributed by atoms with E-state index in [1.54, 1.807) is 6.07 Å². The molecular formula is C10H11BrClFN2O. The first-order valence-corrected chi connectivity index (χ1v) is 5.91. The number of halogens is 3. The Labute approximate surface area is 106 Å². The zero-order chi connectivity index (χ0) is 12.1. The number of carbonyl (C=O) groups excluding carboxylic acids is 1. The summed E-state index contributed by atoms with van der Waals surface area (Å²) in [5, 5.41) is 4.91. The number of urea groups is 1. The highest BCUT2D eigenvalue weighted by Gasteiger charge is 2.11. The van der Waals surface area contributed by atoms with E-state index in [1.807, 2.05) is 6.92 Å². The monoisotopic (exact) mass is 308 g/mol. The minimum Gasteiger partial charge on any atom is -0.338 e. The molecule has 0 aliphatic heterocycles. The van der Waals surface area contributed by atoms with Crippen LogP contribution in [-0.4, -0.2) is 12.6 Å². The molecular weight excluding hydrogens is 298 g/mol. The van der Waals surface area contributed by atoms with Crippen molar-refractivity contribution in [1.82, 2.24) is 5.32 Å². The number of nitrogens with one attached hydrogen (secondary N) is 2. The van der Waals surface area contributed by atoms with Gasteiger partial charge in [-0.05, 0) is 34.5 Å². The minimum absolute atomic E-state index is 0.0479. The van der Waals surface area contributed by atoms with Gasteiger partial charge in [0, 0.05) is 11.0 Å². The molecule has 0 fully saturated rings. The van der Waals surface area contributed by atoms with E-state index < -0.39 is 11.8 Å². The highest BCUT2D eigenvalue weighted by Crippen LogP contribution is 2.30. The average molecular weight is 310 g/mol. The number of benzene rings is 1. The molecule has 0 unspecified atom stereocenters. The average Bonchev–Trinajstić information content (AvgIpc) is 2.27. The molecule has 0 radical (unpaired) electrons. The van der Waals surface area contributed by atoms with Gasteiger partial charge in [0.15, 0.2) is 5.82 Å². The second-order valence-electron chi connectivity index (χ2n) is 3.10. The number of anilines is 1. The van der Waals surface area contributed by atoms with Crippen LogP contribution in [0.15, 0.2) is 16.6 Å². The van der Waals surface area contributed by atoms with E-state index in [1.165, 1.54) is 6.07 Å². The summed E-state index contributed by atoms with van der Waals surface area (Å²) in [6.07, 6.45) is 0.816. The van der Waals surface area contributed by atoms with Crippen LogP contribution in [-0.2, 0) is 0 Å². The summed E-state index contributed by atoms with van der Waals surface area (Å²) in [7, 11) is 0. The van der Waals surface area contributed by atoms with Crippen LogP contribution >= 0.6 is 27.5 Å². The third kappa shape index (κ3) is 3.35. The van der Waals surface area contributed by atoms with Crippen molar-refractivity contribution >= 4 is 39.2 Å². The zero-order valence-corrected chi connectivity index (χ0v) is 11.0. The molecule has 2 amide bonds. The summed E-state index contributed by atoms with van der Waals surface area (Å²) >= 11 is 8.77. The third-order valence-electron chi connectivity index (χ3n) is 1.82. The molecule has 0 heterocycles. The third-order valence-corrected chi connectivity index (χ3v) is 3.08. The maximum atomic E-state index is 13.5. The fourth-order valence-corrected chi connectivity index (χ4v) is 1.50. The van der Waals surface area contributed by atoms with Gasteiger partial charge in [-0.3, -0.25) is 0 Å². The molecule has 0 saturated carbocycles. The molecule has 88 valence electrons. The standard InChI is InChI=1S/C10H11BrClFN2O/c1-2-5-14-10(16)15-7-4-3-6(11)8(12)9(7)13/h3-4H,2,5H2,1H3,(H2,14,15,16). The van der Waals surface area contributed by atoms with Crippen LogP contribution in [0, 0.1) is 5.82 Å². The topological polar surface area (TPSA) is 41.1 Å². The molecule has 0 spiro atoms. The Bertz CT molecular complexity index is 401. The maximum Gasteiger partial charge on any atom is 0.319 e. The van der Waals surface area contributed by atoms with E-state index >= 15 is 0 Å². The molecule has 1 aromatic carbocycles. The Hall–Kier alpha value is -0.810. The van der Waals surface area contributed by atoms with Gasteiger partial charge in [0.05, 0.1) is 10.7 Å². The number of amides is 2. The Morgan fingerprint density at radius 1 is 1.56 bits per heavy atom. The Kier molecular flexibility index (Phi) is 5.02. The maximum absolute atomic E-state index is 13.5. The molecule has 0 aromatic heterocycles. The van der Waals surface area contributed by atoms with Crippen molar-refractivity contribution in [2.75, 3.05) is 11.9 Å². The van der Waals surface area contributed by atoms with Crippen molar-refractivity contribution in [3.63, 3.8) is 0 Å². The van der Waals surface area contributed by atoms with Gasteiger partial charge in [-0.2, -0.15) is 0 Å². The van der Waals surface area contributed by atoms with Crippen LogP contribution in [0.5, 0.6) is 0 Å². The van der Waals surface area contributed by atoms with Crippen LogP contribution in [0.2, 0.25) is 5.02 Å². The molecule has 0 aliphatic rings. The normalized spacial score (nSPS) is 10.0. The van der Waals surface area contributed by atoms with Crippen molar-refractivity contribution in [3.05, 3.63) is 27.4 Å². The van der Waals surface area contributed by atoms with Crippen molar-refractivity contribution in [2.45, 2.75) is 13.3 Å². The summed E-state index contributed by atoms with van der Waals surface area (Å²) < 4.78 is 14.0. The van der Waals surface area contributed by atoms with E-state index in [2.05, 4.69) is 26.6 Å². The van der Waals surface area contributed by atoms with Gasteiger partial charge in [0.25, 0.3) is 0 Å². The van der Waals surface area contributed by atoms with Crippen LogP contribution in [0.25, 0.3) is 0 Å². The van der Waals surface area contributed by atoms with Crippen molar-refractivity contribution in [2.24, 2.45) is 0 Å². The van der Waals surface area contributed by atoms with Gasteiger partial charge < -0.3 is 10.6 Å². The minimum atomic E-state index is -0.650. The van der Waals surface area contributed by atoms with Crippen molar-refractivity contribution < 1.29 is 9.18 Å². The van der Waals surface area contributed by atoms with E-state index in [0.29, 0.717) is 11.0 Å². The van der Waals surface area contributed by atoms with Gasteiger partial charge in [-0.15, -0.1) is 0 Å². The molecule has 0 bridgehead atoms. The lowest BCUT2D eigenvalue weighted by molar-refractivity contribution is 0.252. The first-order chi connectivity index (χ1) is 7.56. The second-order valence-corrected chi connectivity index (χ2v) is 4.34. The van der Waals surface area contributed by atoms with Gasteiger partial charge in [-0.25, -0.2) is 9.18 Å². The lowest BCUT2D eigenvalue weighted by Gasteiger charge is -2.09. The fourth-order valence-electron chi connectivity index (χ4n) is 1.03. The number of rotatable bonds is 3. The largest absolute Gasteiger partial charge is 0.338 e. The summed E-state index contributed by atoms with van der Waals surface area (Å²) in [5.74, 6) is -0.650. The molecule has 3 nitrogen and oxygen atoms in total. The zero-order valence-electron chi connectivity index (χ0n) is 8.61. The van der Waals surface area contributed by atoms with Crippen molar-refractivity contribution in [1.29, 1.82) is 0 Å². The Balaban J connectivity index is 2.74. The molecule has 1 aromatic rings. The number of hydrogen-bond acceptors (Lipinski definition) is 1. The van der Waals surface area contributed by atoms with E-state index in [4.69, 9.17) is 11.6 Å². The fraction of sp³-hybridized carbons (Fsp3) is 0.300. The summed E-state index contributed by atoms with van der Waals surface area (Å²) in [5.41, 5.74) is 0.0572. The predicted octanol–water partition coefficient (Wildman–Crippen LogP) is 3.77. The lowest BCUT2D eigenvalue weighted by atomic mass is 10.3. The quantitative estimate of drug-likeness (QED) is 0.820. The van der Waals surface area contributed by atoms with Gasteiger partial charge in [-0.1, -0.05) is 18.5 Å². The summed E-state index contributed by atoms with van der Waals surface area (Å²) in [6, 6.07) is 2.57. The Morgan fingerprint density at radius 2 is 2.25 bits per heavy atom. The predicted molar refractivity (Wildman–Crippen MR) is 66.4 cm³/mol. The van der Waals surface area contributed by atoms with Crippen LogP contribution < -0.4 is 10.6 Å². The lowest BCUT2D eigenvalue weighted by Crippen LogP contribution is -2.29. The smallest absolute Gasteiger partial charge is 0.319 e. The molecule has 6 heteroatoms. The van der Waals surface area contributed by atoms with Gasteiger partial charge in [0.2, 0.25) is 0 Å². The van der Waals surface area contributed by atoms with E-state index in [0.717, 1.165) is 6.42 Å². The highest BCUT2D eigenvalue weighted by atomic mass is 79.9.